The number of methoxy groups -OCH3 is 1. The van der Waals surface area contributed by atoms with E-state index >= 15 is 0 Å². The summed E-state index contributed by atoms with van der Waals surface area (Å²) in [5, 5.41) is 108. The van der Waals surface area contributed by atoms with Gasteiger partial charge in [0.05, 0.1) is 89.4 Å². The van der Waals surface area contributed by atoms with Gasteiger partial charge in [0.1, 0.15) is 60.4 Å². The van der Waals surface area contributed by atoms with Gasteiger partial charge < -0.3 is 126 Å². The molecule has 2 aliphatic carbocycles. The number of ether oxygens (including phenoxy) is 8. The number of Topliss-reactive ketones (excluding diaryl/α,β-unsaturated/α-hetero) is 2. The summed E-state index contributed by atoms with van der Waals surface area (Å²) in [5.74, 6) is -2.82. The smallest absolute Gasteiger partial charge is 0.396 e. The van der Waals surface area contributed by atoms with Crippen LogP contribution in [-0.2, 0) is 89.9 Å². The van der Waals surface area contributed by atoms with Crippen LogP contribution < -0.4 is 37.6 Å². The standard InChI is InChI=1S/C84H154N6O25.C7H18NO4P.C2H6/c1-61(94)87-74-68(52-64(54-91)77(102)80(74)105)112-46-34-28-22-16-10-5-7-13-19-25-31-38-66(97)42-49-109-57-84(90-73(101)41-37-40-71(99)86-60-108-4,58-110-50-43-67(98)39-32-26-20-14-8-6-11-17-23-29-35-47-113-69-53-65(55-92)78(103)81(106)75(69)88-62(2)95)59-111-51-44-72(100)85-45-33-27-21-15-9-12-18-24-30-36-48-114-83-76(89-63(3)96)82(107)79(104)70(56-93)115-83;1-11-13(9,10)12-7-5-3-2-4-6-8;1-2/h64-65,68-70,74-83,91-93,102-107H,5-60H2,1-4H3,(H,85,100)(H,86,99)(H,87,94)(H,88,95)(H,89,96)(H,90,101);2-8H2,1H3,(H,9,10);1-2H3. The van der Waals surface area contributed by atoms with Crippen LogP contribution in [0, 0.1) is 11.8 Å². The predicted octanol–water partition coefficient (Wildman–Crippen LogP) is 7.97. The van der Waals surface area contributed by atoms with Crippen LogP contribution in [0.3, 0.4) is 0 Å². The maximum atomic E-state index is 13.8. The van der Waals surface area contributed by atoms with Crippen molar-refractivity contribution in [2.75, 3.05) is 120 Å². The van der Waals surface area contributed by atoms with E-state index in [-0.39, 0.29) is 146 Å². The van der Waals surface area contributed by atoms with Gasteiger partial charge in [-0.3, -0.25) is 47.4 Å². The zero-order valence-corrected chi connectivity index (χ0v) is 81.1. The molecular formula is C93H178N7O29P. The Hall–Kier alpha value is -4.45. The highest BCUT2D eigenvalue weighted by Crippen LogP contribution is 2.42. The normalized spacial score (nSPS) is 22.9. The highest BCUT2D eigenvalue weighted by Gasteiger charge is 2.47. The minimum Gasteiger partial charge on any atom is -0.396 e. The molecule has 3 aliphatic rings. The van der Waals surface area contributed by atoms with Crippen LogP contribution in [-0.4, -0.2) is 303 Å². The highest BCUT2D eigenvalue weighted by molar-refractivity contribution is 7.47. The molecule has 6 amide bonds. The van der Waals surface area contributed by atoms with Crippen molar-refractivity contribution in [3.8, 4) is 0 Å². The second kappa shape index (κ2) is 79.6. The third-order valence-electron chi connectivity index (χ3n) is 23.6. The Kier molecular flexibility index (Phi) is 75.7. The number of aliphatic hydroxyl groups is 9. The number of aliphatic hydroxyl groups excluding tert-OH is 9. The van der Waals surface area contributed by atoms with Crippen LogP contribution in [0.2, 0.25) is 0 Å². The lowest BCUT2D eigenvalue weighted by molar-refractivity contribution is -0.270. The summed E-state index contributed by atoms with van der Waals surface area (Å²) in [7, 11) is -1.15. The van der Waals surface area contributed by atoms with E-state index < -0.39 is 117 Å². The molecule has 0 radical (unpaired) electrons. The number of rotatable bonds is 80. The number of nitrogens with one attached hydrogen (secondary N) is 6. The fourth-order valence-corrected chi connectivity index (χ4v) is 16.5. The first-order valence-corrected chi connectivity index (χ1v) is 50.7. The molecule has 0 aromatic rings. The molecule has 0 aromatic carbocycles. The van der Waals surface area contributed by atoms with Crippen molar-refractivity contribution in [3.63, 3.8) is 0 Å². The molecule has 764 valence electrons. The highest BCUT2D eigenvalue weighted by atomic mass is 31.2. The Morgan fingerprint density at radius 1 is 0.392 bits per heavy atom. The molecule has 130 heavy (non-hydrogen) atoms. The van der Waals surface area contributed by atoms with E-state index in [9.17, 15) is 88.9 Å². The van der Waals surface area contributed by atoms with E-state index in [2.05, 4.69) is 40.9 Å². The molecule has 3 rings (SSSR count). The summed E-state index contributed by atoms with van der Waals surface area (Å²) < 4.78 is 66.7. The summed E-state index contributed by atoms with van der Waals surface area (Å²) in [6, 6.07) is -2.44. The number of amides is 6. The SMILES string of the molecule is CC.COCNC(=O)CCCC(=O)NC(COCCC(=O)CCCCCCCCCCCCCOC1CC(CO)C(O)C(O)C1NC(C)=O)(COCCC(=O)CCCCCCCCCCCCCOC1CC(CO)C(O)C(O)C1NC(C)=O)COCCC(=O)NCCCCCCCCCCCCOC1OC(CO)C(O)C(O)C1NC(C)=O.COP(=O)(O)OCCCCCCN. The molecule has 18 N–H and O–H groups in total. The van der Waals surface area contributed by atoms with E-state index in [4.69, 9.17) is 48.5 Å². The number of hydrogen-bond acceptors (Lipinski definition) is 29. The number of unbranched alkanes of at least 4 members (excludes halogenated alkanes) is 32. The Morgan fingerprint density at radius 3 is 1.14 bits per heavy atom. The fourth-order valence-electron chi connectivity index (χ4n) is 16.1. The summed E-state index contributed by atoms with van der Waals surface area (Å²) in [6.45, 7) is 9.56. The van der Waals surface area contributed by atoms with Crippen LogP contribution in [0.4, 0.5) is 0 Å². The molecule has 16 atom stereocenters. The Labute approximate surface area is 776 Å². The van der Waals surface area contributed by atoms with E-state index in [1.165, 1.54) is 27.9 Å². The molecule has 16 unspecified atom stereocenters. The van der Waals surface area contributed by atoms with Gasteiger partial charge >= 0.3 is 7.82 Å². The summed E-state index contributed by atoms with van der Waals surface area (Å²) in [4.78, 5) is 110. The van der Waals surface area contributed by atoms with Crippen LogP contribution in [0.5, 0.6) is 0 Å². The lowest BCUT2D eigenvalue weighted by atomic mass is 9.79. The van der Waals surface area contributed by atoms with Gasteiger partial charge in [-0.2, -0.15) is 0 Å². The van der Waals surface area contributed by atoms with E-state index in [0.717, 1.165) is 238 Å². The number of nitrogens with two attached hydrogens (primary N) is 1. The minimum absolute atomic E-state index is 0.00690. The van der Waals surface area contributed by atoms with E-state index in [1.54, 1.807) is 0 Å². The van der Waals surface area contributed by atoms with Crippen molar-refractivity contribution in [1.29, 1.82) is 0 Å². The van der Waals surface area contributed by atoms with Crippen LogP contribution in [0.25, 0.3) is 0 Å². The topological polar surface area (TPSA) is 546 Å². The molecule has 36 nitrogen and oxygen atoms in total. The maximum absolute atomic E-state index is 13.8. The Bertz CT molecular complexity index is 2690. The molecule has 2 saturated carbocycles. The van der Waals surface area contributed by atoms with Crippen LogP contribution in [0.15, 0.2) is 0 Å². The molecule has 1 heterocycles. The number of carbonyl (C=O) groups is 8. The summed E-state index contributed by atoms with van der Waals surface area (Å²) in [5.41, 5.74) is 4.01. The lowest BCUT2D eigenvalue weighted by Crippen LogP contribution is -2.64. The molecule has 0 aromatic heterocycles. The largest absolute Gasteiger partial charge is 0.471 e. The first-order valence-electron chi connectivity index (χ1n) is 49.2. The number of hydrogen-bond donors (Lipinski definition) is 17. The summed E-state index contributed by atoms with van der Waals surface area (Å²) in [6.07, 6.45) is 27.5. The Balaban J connectivity index is 0.00000514. The second-order valence-electron chi connectivity index (χ2n) is 34.9. The molecule has 1 aliphatic heterocycles. The van der Waals surface area contributed by atoms with Gasteiger partial charge in [-0.1, -0.05) is 194 Å². The molecular weight excluding hydrogens is 1710 g/mol. The van der Waals surface area contributed by atoms with E-state index in [1.807, 2.05) is 13.8 Å². The average molecular weight is 1890 g/mol. The minimum atomic E-state index is -3.75. The second-order valence-corrected chi connectivity index (χ2v) is 36.5. The molecule has 37 heteroatoms. The molecule has 0 bridgehead atoms. The number of phosphoric ester groups is 1. The van der Waals surface area contributed by atoms with Gasteiger partial charge in [0.25, 0.3) is 0 Å². The van der Waals surface area contributed by atoms with Crippen molar-refractivity contribution in [3.05, 3.63) is 0 Å². The lowest BCUT2D eigenvalue weighted by Gasteiger charge is -2.42. The monoisotopic (exact) mass is 1890 g/mol. The number of phosphoric acid groups is 1. The summed E-state index contributed by atoms with van der Waals surface area (Å²) >= 11 is 0. The maximum Gasteiger partial charge on any atom is 0.471 e. The molecule has 0 spiro atoms. The van der Waals surface area contributed by atoms with Crippen molar-refractivity contribution in [1.82, 2.24) is 31.9 Å². The molecule has 1 saturated heterocycles. The van der Waals surface area contributed by atoms with Crippen LogP contribution in [0.1, 0.15) is 330 Å². The Morgan fingerprint density at radius 2 is 0.746 bits per heavy atom. The van der Waals surface area contributed by atoms with Crippen molar-refractivity contribution in [2.24, 2.45) is 17.6 Å². The third kappa shape index (κ3) is 60.2. The van der Waals surface area contributed by atoms with Gasteiger partial charge in [-0.25, -0.2) is 4.57 Å². The zero-order chi connectivity index (χ0) is 96.4. The van der Waals surface area contributed by atoms with Gasteiger partial charge in [0.15, 0.2) is 6.29 Å². The van der Waals surface area contributed by atoms with Crippen LogP contribution >= 0.6 is 7.82 Å². The molecule has 3 fully saturated rings. The predicted molar refractivity (Wildman–Crippen MR) is 493 cm³/mol. The van der Waals surface area contributed by atoms with Gasteiger partial charge in [-0.05, 0) is 77.2 Å². The first-order chi connectivity index (χ1) is 62.6. The first kappa shape index (κ1) is 124. The van der Waals surface area contributed by atoms with E-state index in [0.29, 0.717) is 58.6 Å². The van der Waals surface area contributed by atoms with Crippen molar-refractivity contribution < 1.29 is 141 Å². The quantitative estimate of drug-likeness (QED) is 0.0156. The number of ketones is 2. The van der Waals surface area contributed by atoms with Gasteiger partial charge in [0, 0.05) is 131 Å². The average Bonchev–Trinajstić information content (AvgIpc) is 0.818. The fraction of sp³-hybridized carbons (Fsp3) is 0.914. The third-order valence-corrected chi connectivity index (χ3v) is 24.6. The number of carbonyl (C=O) groups excluding carboxylic acids is 8. The zero-order valence-electron chi connectivity index (χ0n) is 80.3. The van der Waals surface area contributed by atoms with Crippen molar-refractivity contribution in [2.45, 2.75) is 415 Å². The van der Waals surface area contributed by atoms with Crippen molar-refractivity contribution >= 4 is 54.8 Å². The van der Waals surface area contributed by atoms with Gasteiger partial charge in [0.2, 0.25) is 35.4 Å². The van der Waals surface area contributed by atoms with Gasteiger partial charge in [-0.15, -0.1) is 0 Å².